The van der Waals surface area contributed by atoms with Gasteiger partial charge in [-0.25, -0.2) is 8.42 Å². The van der Waals surface area contributed by atoms with Crippen molar-refractivity contribution in [2.75, 3.05) is 65.4 Å². The van der Waals surface area contributed by atoms with E-state index in [9.17, 15) is 8.42 Å². The number of likely N-dealkylation sites (N-methyl/N-ethyl adjacent to an activating group) is 1. The Kier molecular flexibility index (Phi) is 12.2. The smallest absolute Gasteiger partial charge is 0.191 e. The molecule has 0 amide bonds. The van der Waals surface area contributed by atoms with E-state index in [-0.39, 0.29) is 35.8 Å². The normalized spacial score (nSPS) is 19.8. The van der Waals surface area contributed by atoms with Gasteiger partial charge in [0.1, 0.15) is 9.84 Å². The third-order valence-corrected chi connectivity index (χ3v) is 5.29. The summed E-state index contributed by atoms with van der Waals surface area (Å²) in [6.07, 6.45) is 1.85. The lowest BCUT2D eigenvalue weighted by molar-refractivity contribution is 0.139. The highest BCUT2D eigenvalue weighted by molar-refractivity contribution is 14.0. The predicted molar refractivity (Wildman–Crippen MR) is 117 cm³/mol. The zero-order valence-electron chi connectivity index (χ0n) is 16.3. The largest absolute Gasteiger partial charge is 0.356 e. The second-order valence-corrected chi connectivity index (χ2v) is 9.39. The first kappa shape index (κ1) is 24.9. The molecule has 0 aromatic carbocycles. The molecule has 1 saturated heterocycles. The summed E-state index contributed by atoms with van der Waals surface area (Å²) in [5, 5.41) is 6.61. The number of rotatable bonds is 8. The number of aliphatic imine (C=N–C) groups is 1. The van der Waals surface area contributed by atoms with E-state index in [2.05, 4.69) is 39.4 Å². The zero-order valence-corrected chi connectivity index (χ0v) is 19.4. The molecule has 1 rings (SSSR count). The van der Waals surface area contributed by atoms with Crippen molar-refractivity contribution in [3.8, 4) is 0 Å². The summed E-state index contributed by atoms with van der Waals surface area (Å²) in [6.45, 7) is 10.7. The minimum absolute atomic E-state index is 0. The maximum atomic E-state index is 11.2. The third-order valence-electron chi connectivity index (χ3n) is 4.31. The quantitative estimate of drug-likeness (QED) is 0.294. The minimum Gasteiger partial charge on any atom is -0.356 e. The van der Waals surface area contributed by atoms with Crippen molar-refractivity contribution in [1.82, 2.24) is 20.4 Å². The van der Waals surface area contributed by atoms with Crippen LogP contribution in [0.15, 0.2) is 4.99 Å². The summed E-state index contributed by atoms with van der Waals surface area (Å²) >= 11 is 0. The predicted octanol–water partition coefficient (Wildman–Crippen LogP) is 0.476. The van der Waals surface area contributed by atoms with Crippen LogP contribution in [0.3, 0.4) is 0 Å². The van der Waals surface area contributed by atoms with E-state index in [4.69, 9.17) is 0 Å². The van der Waals surface area contributed by atoms with Gasteiger partial charge in [0.2, 0.25) is 0 Å². The molecule has 2 N–H and O–H groups in total. The van der Waals surface area contributed by atoms with Crippen LogP contribution in [-0.2, 0) is 9.84 Å². The number of piperazine rings is 1. The molecule has 1 fully saturated rings. The number of halogens is 1. The van der Waals surface area contributed by atoms with Crippen molar-refractivity contribution in [1.29, 1.82) is 0 Å². The van der Waals surface area contributed by atoms with Crippen molar-refractivity contribution in [2.24, 2.45) is 10.9 Å². The lowest BCUT2D eigenvalue weighted by Crippen LogP contribution is -2.48. The molecule has 2 atom stereocenters. The van der Waals surface area contributed by atoms with E-state index in [0.29, 0.717) is 12.3 Å². The number of guanidine groups is 1. The van der Waals surface area contributed by atoms with Crippen molar-refractivity contribution < 1.29 is 8.42 Å². The van der Waals surface area contributed by atoms with Gasteiger partial charge in [-0.05, 0) is 26.3 Å². The molecule has 1 aliphatic heterocycles. The number of hydrogen-bond acceptors (Lipinski definition) is 5. The fourth-order valence-electron chi connectivity index (χ4n) is 2.70. The van der Waals surface area contributed by atoms with Crippen molar-refractivity contribution in [3.05, 3.63) is 0 Å². The zero-order chi connectivity index (χ0) is 18.2. The molecule has 7 nitrogen and oxygen atoms in total. The molecule has 0 spiro atoms. The molecule has 0 bridgehead atoms. The van der Waals surface area contributed by atoms with Crippen molar-refractivity contribution in [2.45, 2.75) is 26.3 Å². The lowest BCUT2D eigenvalue weighted by atomic mass is 10.1. The molecule has 25 heavy (non-hydrogen) atoms. The van der Waals surface area contributed by atoms with E-state index in [1.54, 1.807) is 7.05 Å². The van der Waals surface area contributed by atoms with Gasteiger partial charge in [0.05, 0.1) is 5.75 Å². The van der Waals surface area contributed by atoms with Crippen LogP contribution in [0.4, 0.5) is 0 Å². The fourth-order valence-corrected chi connectivity index (χ4v) is 3.48. The standard InChI is InChI=1S/C16H35N5O2S.HI/c1-14(13-21-9-7-20(4)8-10-21)12-18-16(17-3)19-15(2)6-11-24(5,22)23;/h14-15H,6-13H2,1-5H3,(H2,17,18,19);1H. The molecule has 9 heteroatoms. The van der Waals surface area contributed by atoms with Crippen LogP contribution in [0, 0.1) is 5.92 Å². The SMILES string of the molecule is CN=C(NCC(C)CN1CCN(C)CC1)NC(C)CCS(C)(=O)=O.I. The molecule has 150 valence electrons. The Morgan fingerprint density at radius 3 is 2.32 bits per heavy atom. The van der Waals surface area contributed by atoms with E-state index in [1.807, 2.05) is 6.92 Å². The highest BCUT2D eigenvalue weighted by Gasteiger charge is 2.16. The van der Waals surface area contributed by atoms with Gasteiger partial charge in [-0.2, -0.15) is 0 Å². The number of nitrogens with one attached hydrogen (secondary N) is 2. The molecule has 1 heterocycles. The minimum atomic E-state index is -2.92. The molecule has 0 aliphatic carbocycles. The number of hydrogen-bond donors (Lipinski definition) is 2. The monoisotopic (exact) mass is 489 g/mol. The average molecular weight is 489 g/mol. The Bertz CT molecular complexity index is 493. The van der Waals surface area contributed by atoms with Gasteiger partial charge >= 0.3 is 0 Å². The van der Waals surface area contributed by atoms with Crippen LogP contribution in [-0.4, -0.2) is 95.6 Å². The Hall–Kier alpha value is -0.130. The summed E-state index contributed by atoms with van der Waals surface area (Å²) in [5.74, 6) is 1.46. The molecular formula is C16H36IN5O2S. The summed E-state index contributed by atoms with van der Waals surface area (Å²) in [4.78, 5) is 9.10. The van der Waals surface area contributed by atoms with Gasteiger partial charge < -0.3 is 20.4 Å². The van der Waals surface area contributed by atoms with Crippen LogP contribution in [0.1, 0.15) is 20.3 Å². The van der Waals surface area contributed by atoms with Crippen molar-refractivity contribution >= 4 is 39.8 Å². The number of sulfone groups is 1. The highest BCUT2D eigenvalue weighted by atomic mass is 127. The molecule has 0 aromatic heterocycles. The van der Waals surface area contributed by atoms with Gasteiger partial charge in [-0.3, -0.25) is 4.99 Å². The Labute approximate surface area is 170 Å². The van der Waals surface area contributed by atoms with Crippen LogP contribution >= 0.6 is 24.0 Å². The lowest BCUT2D eigenvalue weighted by Gasteiger charge is -2.34. The van der Waals surface area contributed by atoms with E-state index in [1.165, 1.54) is 6.26 Å². The Balaban J connectivity index is 0.00000576. The summed E-state index contributed by atoms with van der Waals surface area (Å²) in [5.41, 5.74) is 0. The van der Waals surface area contributed by atoms with E-state index < -0.39 is 9.84 Å². The first-order valence-corrected chi connectivity index (χ1v) is 10.8. The maximum Gasteiger partial charge on any atom is 0.191 e. The second kappa shape index (κ2) is 12.3. The summed E-state index contributed by atoms with van der Waals surface area (Å²) < 4.78 is 22.5. The fraction of sp³-hybridized carbons (Fsp3) is 0.938. The van der Waals surface area contributed by atoms with Gasteiger partial charge in [0.15, 0.2) is 5.96 Å². The van der Waals surface area contributed by atoms with Crippen LogP contribution in [0.25, 0.3) is 0 Å². The molecule has 0 saturated carbocycles. The van der Waals surface area contributed by atoms with Crippen LogP contribution in [0.5, 0.6) is 0 Å². The van der Waals surface area contributed by atoms with E-state index in [0.717, 1.165) is 45.2 Å². The maximum absolute atomic E-state index is 11.2. The summed E-state index contributed by atoms with van der Waals surface area (Å²) in [7, 11) is 0.992. The van der Waals surface area contributed by atoms with Gasteiger partial charge in [0.25, 0.3) is 0 Å². The Morgan fingerprint density at radius 2 is 1.80 bits per heavy atom. The second-order valence-electron chi connectivity index (χ2n) is 7.13. The Morgan fingerprint density at radius 1 is 1.20 bits per heavy atom. The van der Waals surface area contributed by atoms with E-state index >= 15 is 0 Å². The molecule has 0 aromatic rings. The summed E-state index contributed by atoms with van der Waals surface area (Å²) in [6, 6.07) is 0.0684. The third kappa shape index (κ3) is 12.0. The van der Waals surface area contributed by atoms with Gasteiger partial charge in [-0.1, -0.05) is 6.92 Å². The first-order chi connectivity index (χ1) is 11.2. The highest BCUT2D eigenvalue weighted by Crippen LogP contribution is 2.04. The average Bonchev–Trinajstić information content (AvgIpc) is 2.51. The van der Waals surface area contributed by atoms with Crippen molar-refractivity contribution in [3.63, 3.8) is 0 Å². The van der Waals surface area contributed by atoms with Gasteiger partial charge in [0, 0.05) is 58.6 Å². The number of nitrogens with zero attached hydrogens (tertiary/aromatic N) is 3. The molecule has 0 radical (unpaired) electrons. The van der Waals surface area contributed by atoms with Gasteiger partial charge in [-0.15, -0.1) is 24.0 Å². The molecule has 2 unspecified atom stereocenters. The first-order valence-electron chi connectivity index (χ1n) is 8.75. The van der Waals surface area contributed by atoms with Crippen LogP contribution in [0.2, 0.25) is 0 Å². The topological polar surface area (TPSA) is 77.0 Å². The molecule has 1 aliphatic rings. The van der Waals surface area contributed by atoms with Crippen LogP contribution < -0.4 is 10.6 Å². The molecular weight excluding hydrogens is 453 g/mol.